The third-order valence-electron chi connectivity index (χ3n) is 3.00. The SMILES string of the molecule is CC(C)c1cc(NC(=O)N2CCOC(C(N)=O)C2)no1. The summed E-state index contributed by atoms with van der Waals surface area (Å²) in [6, 6.07) is 1.32. The normalized spacial score (nSPS) is 19.1. The molecule has 1 aliphatic rings. The number of carbonyl (C=O) groups is 2. The number of nitrogens with one attached hydrogen (secondary N) is 1. The van der Waals surface area contributed by atoms with Gasteiger partial charge >= 0.3 is 6.03 Å². The second-order valence-electron chi connectivity index (χ2n) is 4.91. The highest BCUT2D eigenvalue weighted by molar-refractivity contribution is 5.89. The molecule has 0 spiro atoms. The number of nitrogens with zero attached hydrogens (tertiary/aromatic N) is 2. The first-order valence-electron chi connectivity index (χ1n) is 6.41. The minimum absolute atomic E-state index is 0.135. The van der Waals surface area contributed by atoms with E-state index in [1.54, 1.807) is 6.07 Å². The van der Waals surface area contributed by atoms with Gasteiger partial charge in [0.25, 0.3) is 0 Å². The third kappa shape index (κ3) is 3.27. The van der Waals surface area contributed by atoms with Gasteiger partial charge in [-0.2, -0.15) is 0 Å². The number of anilines is 1. The molecule has 1 aliphatic heterocycles. The highest BCUT2D eigenvalue weighted by Gasteiger charge is 2.28. The van der Waals surface area contributed by atoms with Gasteiger partial charge in [0.2, 0.25) is 5.91 Å². The van der Waals surface area contributed by atoms with Crippen LogP contribution < -0.4 is 11.1 Å². The van der Waals surface area contributed by atoms with E-state index in [0.29, 0.717) is 18.1 Å². The van der Waals surface area contributed by atoms with Crippen LogP contribution in [0.4, 0.5) is 10.6 Å². The first-order chi connectivity index (χ1) is 9.47. The summed E-state index contributed by atoms with van der Waals surface area (Å²) in [5, 5.41) is 6.39. The van der Waals surface area contributed by atoms with Gasteiger partial charge in [0, 0.05) is 18.5 Å². The Morgan fingerprint density at radius 2 is 2.30 bits per heavy atom. The Morgan fingerprint density at radius 3 is 2.90 bits per heavy atom. The Labute approximate surface area is 116 Å². The maximum absolute atomic E-state index is 12.0. The Hall–Kier alpha value is -2.09. The first kappa shape index (κ1) is 14.3. The molecule has 8 heteroatoms. The number of aromatic nitrogens is 1. The smallest absolute Gasteiger partial charge is 0.323 e. The van der Waals surface area contributed by atoms with Crippen molar-refractivity contribution in [3.8, 4) is 0 Å². The highest BCUT2D eigenvalue weighted by Crippen LogP contribution is 2.18. The fourth-order valence-electron chi connectivity index (χ4n) is 1.81. The van der Waals surface area contributed by atoms with E-state index in [1.165, 1.54) is 4.90 Å². The van der Waals surface area contributed by atoms with Crippen molar-refractivity contribution in [1.82, 2.24) is 10.1 Å². The van der Waals surface area contributed by atoms with Crippen LogP contribution in [0.2, 0.25) is 0 Å². The second-order valence-corrected chi connectivity index (χ2v) is 4.91. The fourth-order valence-corrected chi connectivity index (χ4v) is 1.81. The summed E-state index contributed by atoms with van der Waals surface area (Å²) in [5.41, 5.74) is 5.17. The van der Waals surface area contributed by atoms with Crippen molar-refractivity contribution in [2.24, 2.45) is 5.73 Å². The molecule has 0 radical (unpaired) electrons. The summed E-state index contributed by atoms with van der Waals surface area (Å²) in [4.78, 5) is 24.6. The maximum Gasteiger partial charge on any atom is 0.323 e. The van der Waals surface area contributed by atoms with Crippen LogP contribution in [0, 0.1) is 0 Å². The van der Waals surface area contributed by atoms with E-state index in [2.05, 4.69) is 10.5 Å². The van der Waals surface area contributed by atoms with Crippen molar-refractivity contribution in [2.45, 2.75) is 25.9 Å². The third-order valence-corrected chi connectivity index (χ3v) is 3.00. The molecule has 2 heterocycles. The lowest BCUT2D eigenvalue weighted by atomic mass is 10.2. The minimum Gasteiger partial charge on any atom is -0.367 e. The van der Waals surface area contributed by atoms with Gasteiger partial charge in [-0.1, -0.05) is 19.0 Å². The molecule has 2 rings (SSSR count). The Morgan fingerprint density at radius 1 is 1.55 bits per heavy atom. The summed E-state index contributed by atoms with van der Waals surface area (Å²) < 4.78 is 10.3. The molecule has 110 valence electrons. The predicted octanol–water partition coefficient (Wildman–Crippen LogP) is 0.516. The number of morpholine rings is 1. The lowest BCUT2D eigenvalue weighted by Crippen LogP contribution is -2.51. The van der Waals surface area contributed by atoms with E-state index in [1.807, 2.05) is 13.8 Å². The van der Waals surface area contributed by atoms with Crippen LogP contribution in [0.5, 0.6) is 0 Å². The zero-order chi connectivity index (χ0) is 14.7. The van der Waals surface area contributed by atoms with Crippen LogP contribution in [0.15, 0.2) is 10.6 Å². The van der Waals surface area contributed by atoms with Gasteiger partial charge in [0.1, 0.15) is 5.76 Å². The zero-order valence-corrected chi connectivity index (χ0v) is 11.5. The van der Waals surface area contributed by atoms with Crippen molar-refractivity contribution in [2.75, 3.05) is 25.0 Å². The van der Waals surface area contributed by atoms with E-state index in [0.717, 1.165) is 0 Å². The van der Waals surface area contributed by atoms with Crippen LogP contribution in [0.3, 0.4) is 0 Å². The van der Waals surface area contributed by atoms with Crippen LogP contribution in [0.1, 0.15) is 25.5 Å². The van der Waals surface area contributed by atoms with Gasteiger partial charge in [0.15, 0.2) is 11.9 Å². The van der Waals surface area contributed by atoms with E-state index in [-0.39, 0.29) is 25.1 Å². The second kappa shape index (κ2) is 5.91. The number of nitrogens with two attached hydrogens (primary N) is 1. The number of primary amides is 1. The number of carbonyl (C=O) groups excluding carboxylic acids is 2. The monoisotopic (exact) mass is 282 g/mol. The number of rotatable bonds is 3. The first-order valence-corrected chi connectivity index (χ1v) is 6.41. The van der Waals surface area contributed by atoms with Crippen LogP contribution >= 0.6 is 0 Å². The molecule has 1 saturated heterocycles. The molecule has 0 aromatic carbocycles. The number of ether oxygens (including phenoxy) is 1. The largest absolute Gasteiger partial charge is 0.367 e. The Bertz CT molecular complexity index is 499. The van der Waals surface area contributed by atoms with Crippen molar-refractivity contribution in [3.63, 3.8) is 0 Å². The lowest BCUT2D eigenvalue weighted by Gasteiger charge is -2.30. The van der Waals surface area contributed by atoms with Crippen LogP contribution in [-0.2, 0) is 9.53 Å². The summed E-state index contributed by atoms with van der Waals surface area (Å²) in [7, 11) is 0. The van der Waals surface area contributed by atoms with E-state index in [4.69, 9.17) is 15.0 Å². The molecule has 0 bridgehead atoms. The molecule has 20 heavy (non-hydrogen) atoms. The van der Waals surface area contributed by atoms with Crippen molar-refractivity contribution in [1.29, 1.82) is 0 Å². The molecule has 1 aromatic heterocycles. The van der Waals surface area contributed by atoms with E-state index >= 15 is 0 Å². The molecule has 0 saturated carbocycles. The molecule has 1 aromatic rings. The number of hydrogen-bond acceptors (Lipinski definition) is 5. The van der Waals surface area contributed by atoms with Crippen LogP contribution in [-0.4, -0.2) is 47.8 Å². The molecule has 0 aliphatic carbocycles. The molecular weight excluding hydrogens is 264 g/mol. The Kier molecular flexibility index (Phi) is 4.23. The van der Waals surface area contributed by atoms with Gasteiger partial charge < -0.3 is 19.9 Å². The Balaban J connectivity index is 1.95. The molecule has 3 N–H and O–H groups in total. The zero-order valence-electron chi connectivity index (χ0n) is 11.5. The molecule has 1 fully saturated rings. The topological polar surface area (TPSA) is 111 Å². The summed E-state index contributed by atoms with van der Waals surface area (Å²) >= 11 is 0. The maximum atomic E-state index is 12.0. The van der Waals surface area contributed by atoms with Gasteiger partial charge in [-0.3, -0.25) is 10.1 Å². The average molecular weight is 282 g/mol. The molecule has 1 unspecified atom stereocenters. The minimum atomic E-state index is -0.766. The van der Waals surface area contributed by atoms with Crippen LogP contribution in [0.25, 0.3) is 0 Å². The number of urea groups is 1. The highest BCUT2D eigenvalue weighted by atomic mass is 16.5. The predicted molar refractivity (Wildman–Crippen MR) is 70.1 cm³/mol. The van der Waals surface area contributed by atoms with E-state index in [9.17, 15) is 9.59 Å². The van der Waals surface area contributed by atoms with Crippen molar-refractivity contribution in [3.05, 3.63) is 11.8 Å². The lowest BCUT2D eigenvalue weighted by molar-refractivity contribution is -0.133. The quantitative estimate of drug-likeness (QED) is 0.839. The number of hydrogen-bond donors (Lipinski definition) is 2. The van der Waals surface area contributed by atoms with E-state index < -0.39 is 12.0 Å². The average Bonchev–Trinajstić information content (AvgIpc) is 2.87. The molecule has 8 nitrogen and oxygen atoms in total. The fraction of sp³-hybridized carbons (Fsp3) is 0.583. The van der Waals surface area contributed by atoms with Gasteiger partial charge in [-0.15, -0.1) is 0 Å². The van der Waals surface area contributed by atoms with Gasteiger partial charge in [-0.05, 0) is 0 Å². The molecular formula is C12H18N4O4. The standard InChI is InChI=1S/C12H18N4O4/c1-7(2)8-5-10(15-20-8)14-12(18)16-3-4-19-9(6-16)11(13)17/h5,7,9H,3-4,6H2,1-2H3,(H2,13,17)(H,14,15,18). The number of amides is 3. The van der Waals surface area contributed by atoms with Crippen molar-refractivity contribution < 1.29 is 18.8 Å². The molecule has 3 amide bonds. The van der Waals surface area contributed by atoms with Gasteiger partial charge in [-0.25, -0.2) is 4.79 Å². The summed E-state index contributed by atoms with van der Waals surface area (Å²) in [5.74, 6) is 0.653. The van der Waals surface area contributed by atoms with Gasteiger partial charge in [0.05, 0.1) is 13.2 Å². The summed E-state index contributed by atoms with van der Waals surface area (Å²) in [6.07, 6.45) is -0.766. The molecule has 1 atom stereocenters. The van der Waals surface area contributed by atoms with Crippen molar-refractivity contribution >= 4 is 17.8 Å². The summed E-state index contributed by atoms with van der Waals surface area (Å²) in [6.45, 7) is 4.73.